The number of halogens is 2. The first-order valence-electron chi connectivity index (χ1n) is 9.98. The first kappa shape index (κ1) is 23.1. The number of hydrogen-bond donors (Lipinski definition) is 2. The topological polar surface area (TPSA) is 120 Å². The highest BCUT2D eigenvalue weighted by atomic mass is 32.2. The Morgan fingerprint density at radius 1 is 1.00 bits per heavy atom. The van der Waals surface area contributed by atoms with Gasteiger partial charge in [-0.25, -0.2) is 27.8 Å². The van der Waals surface area contributed by atoms with Crippen LogP contribution in [0.3, 0.4) is 0 Å². The van der Waals surface area contributed by atoms with Crippen LogP contribution in [0, 0.1) is 18.6 Å². The van der Waals surface area contributed by atoms with Gasteiger partial charge >= 0.3 is 0 Å². The first-order valence-corrected chi connectivity index (χ1v) is 11.6. The highest BCUT2D eigenvalue weighted by molar-refractivity contribution is 7.91. The van der Waals surface area contributed by atoms with Crippen molar-refractivity contribution in [3.63, 3.8) is 0 Å². The Morgan fingerprint density at radius 3 is 2.50 bits per heavy atom. The number of pyridine rings is 1. The van der Waals surface area contributed by atoms with Crippen molar-refractivity contribution in [2.24, 2.45) is 0 Å². The molecule has 34 heavy (non-hydrogen) atoms. The molecule has 4 rings (SSSR count). The molecule has 0 unspecified atom stereocenters. The third-order valence-electron chi connectivity index (χ3n) is 4.76. The average Bonchev–Trinajstić information content (AvgIpc) is 2.81. The van der Waals surface area contributed by atoms with Gasteiger partial charge in [0.15, 0.2) is 11.6 Å². The number of nitrogens with one attached hydrogen (secondary N) is 1. The summed E-state index contributed by atoms with van der Waals surface area (Å²) in [4.78, 5) is 12.0. The molecule has 0 aliphatic rings. The van der Waals surface area contributed by atoms with Crippen molar-refractivity contribution >= 4 is 21.7 Å². The molecule has 3 N–H and O–H groups in total. The van der Waals surface area contributed by atoms with Crippen molar-refractivity contribution in [1.82, 2.24) is 15.0 Å². The number of benzene rings is 2. The summed E-state index contributed by atoms with van der Waals surface area (Å²) in [5.74, 6) is -3.66. The minimum absolute atomic E-state index is 0.0208. The minimum Gasteiger partial charge on any atom is -0.435 e. The van der Waals surface area contributed by atoms with Crippen LogP contribution in [0.2, 0.25) is 0 Å². The standard InChI is InChI=1S/C23H19F2N5O3S/c1-14-12-18(33-22-16(8-5-10-27-22)17-9-11-28-23(26)29-17)19(24)20(25)21(14)30-34(31,32)13-15-6-3-2-4-7-15/h2-12,30H,13H2,1H3,(H2,26,28,29). The van der Waals surface area contributed by atoms with Gasteiger partial charge in [0.05, 0.1) is 22.7 Å². The molecular formula is C23H19F2N5O3S. The number of nitrogens with zero attached hydrogens (tertiary/aromatic N) is 3. The van der Waals surface area contributed by atoms with Gasteiger partial charge in [-0.05, 0) is 42.3 Å². The average molecular weight is 484 g/mol. The van der Waals surface area contributed by atoms with E-state index in [1.165, 1.54) is 25.4 Å². The fourth-order valence-electron chi connectivity index (χ4n) is 3.20. The van der Waals surface area contributed by atoms with Gasteiger partial charge < -0.3 is 10.5 Å². The summed E-state index contributed by atoms with van der Waals surface area (Å²) in [5.41, 5.74) is 6.51. The Kier molecular flexibility index (Phi) is 6.37. The van der Waals surface area contributed by atoms with E-state index in [0.717, 1.165) is 0 Å². The molecule has 0 aliphatic carbocycles. The minimum atomic E-state index is -4.00. The molecule has 11 heteroatoms. The van der Waals surface area contributed by atoms with Crippen LogP contribution >= 0.6 is 0 Å². The number of ether oxygens (including phenoxy) is 1. The molecule has 0 saturated heterocycles. The second-order valence-electron chi connectivity index (χ2n) is 7.30. The van der Waals surface area contributed by atoms with Crippen molar-refractivity contribution in [2.45, 2.75) is 12.7 Å². The quantitative estimate of drug-likeness (QED) is 0.399. The van der Waals surface area contributed by atoms with E-state index in [9.17, 15) is 17.2 Å². The molecule has 0 amide bonds. The summed E-state index contributed by atoms with van der Waals surface area (Å²) in [6, 6.07) is 14.3. The van der Waals surface area contributed by atoms with E-state index in [1.54, 1.807) is 48.5 Å². The van der Waals surface area contributed by atoms with E-state index in [1.807, 2.05) is 0 Å². The first-order chi connectivity index (χ1) is 16.2. The van der Waals surface area contributed by atoms with Gasteiger partial charge in [-0.15, -0.1) is 0 Å². The lowest BCUT2D eigenvalue weighted by atomic mass is 10.1. The van der Waals surface area contributed by atoms with Crippen LogP contribution in [0.15, 0.2) is 67.0 Å². The Morgan fingerprint density at radius 2 is 1.76 bits per heavy atom. The number of nitrogens with two attached hydrogens (primary N) is 1. The number of aryl methyl sites for hydroxylation is 1. The Bertz CT molecular complexity index is 1450. The lowest BCUT2D eigenvalue weighted by Crippen LogP contribution is -2.17. The normalized spacial score (nSPS) is 11.3. The van der Waals surface area contributed by atoms with Gasteiger partial charge in [-0.3, -0.25) is 4.72 Å². The van der Waals surface area contributed by atoms with Gasteiger partial charge in [-0.1, -0.05) is 30.3 Å². The van der Waals surface area contributed by atoms with Gasteiger partial charge in [0.2, 0.25) is 27.7 Å². The van der Waals surface area contributed by atoms with E-state index in [4.69, 9.17) is 10.5 Å². The van der Waals surface area contributed by atoms with Crippen molar-refractivity contribution in [3.8, 4) is 22.9 Å². The maximum atomic E-state index is 14.9. The molecule has 0 spiro atoms. The third-order valence-corrected chi connectivity index (χ3v) is 5.98. The van der Waals surface area contributed by atoms with E-state index in [0.29, 0.717) is 16.8 Å². The molecule has 0 bridgehead atoms. The van der Waals surface area contributed by atoms with Crippen LogP contribution < -0.4 is 15.2 Å². The highest BCUT2D eigenvalue weighted by Gasteiger charge is 2.23. The molecular weight excluding hydrogens is 464 g/mol. The second-order valence-corrected chi connectivity index (χ2v) is 9.02. The predicted molar refractivity (Wildman–Crippen MR) is 124 cm³/mol. The van der Waals surface area contributed by atoms with Crippen LogP contribution in [-0.2, 0) is 15.8 Å². The lowest BCUT2D eigenvalue weighted by molar-refractivity contribution is 0.407. The zero-order valence-corrected chi connectivity index (χ0v) is 18.7. The van der Waals surface area contributed by atoms with Crippen molar-refractivity contribution in [3.05, 3.63) is 89.8 Å². The zero-order valence-electron chi connectivity index (χ0n) is 17.9. The molecule has 4 aromatic rings. The monoisotopic (exact) mass is 483 g/mol. The summed E-state index contributed by atoms with van der Waals surface area (Å²) in [5, 5.41) is 0. The van der Waals surface area contributed by atoms with E-state index in [-0.39, 0.29) is 17.4 Å². The predicted octanol–water partition coefficient (Wildman–Crippen LogP) is 4.44. The Labute approximate surface area is 194 Å². The van der Waals surface area contributed by atoms with E-state index < -0.39 is 38.8 Å². The number of hydrogen-bond acceptors (Lipinski definition) is 7. The maximum absolute atomic E-state index is 14.9. The molecule has 174 valence electrons. The van der Waals surface area contributed by atoms with Crippen molar-refractivity contribution in [1.29, 1.82) is 0 Å². The molecule has 0 fully saturated rings. The van der Waals surface area contributed by atoms with Gasteiger partial charge in [0.1, 0.15) is 0 Å². The zero-order chi connectivity index (χ0) is 24.3. The SMILES string of the molecule is Cc1cc(Oc2ncccc2-c2ccnc(N)n2)c(F)c(F)c1NS(=O)(=O)Cc1ccccc1. The summed E-state index contributed by atoms with van der Waals surface area (Å²) >= 11 is 0. The van der Waals surface area contributed by atoms with Crippen LogP contribution in [0.25, 0.3) is 11.3 Å². The van der Waals surface area contributed by atoms with E-state index >= 15 is 0 Å². The number of nitrogen functional groups attached to an aromatic ring is 1. The summed E-state index contributed by atoms with van der Waals surface area (Å²) in [6.45, 7) is 1.43. The number of anilines is 2. The second kappa shape index (κ2) is 9.40. The third kappa shape index (κ3) is 5.09. The largest absolute Gasteiger partial charge is 0.435 e. The summed E-state index contributed by atoms with van der Waals surface area (Å²) in [6.07, 6.45) is 2.85. The van der Waals surface area contributed by atoms with Gasteiger partial charge in [0, 0.05) is 12.4 Å². The molecule has 0 atom stereocenters. The molecule has 0 saturated carbocycles. The lowest BCUT2D eigenvalue weighted by Gasteiger charge is -2.15. The van der Waals surface area contributed by atoms with Crippen LogP contribution in [0.5, 0.6) is 11.6 Å². The smallest absolute Gasteiger partial charge is 0.237 e. The highest BCUT2D eigenvalue weighted by Crippen LogP contribution is 2.36. The van der Waals surface area contributed by atoms with Crippen LogP contribution in [0.4, 0.5) is 20.4 Å². The van der Waals surface area contributed by atoms with Gasteiger partial charge in [-0.2, -0.15) is 4.39 Å². The molecule has 2 aromatic carbocycles. The molecule has 8 nitrogen and oxygen atoms in total. The summed E-state index contributed by atoms with van der Waals surface area (Å²) < 4.78 is 62.6. The number of rotatable bonds is 7. The van der Waals surface area contributed by atoms with Crippen LogP contribution in [-0.4, -0.2) is 23.4 Å². The van der Waals surface area contributed by atoms with Crippen LogP contribution in [0.1, 0.15) is 11.1 Å². The fourth-order valence-corrected chi connectivity index (χ4v) is 4.47. The van der Waals surface area contributed by atoms with Crippen molar-refractivity contribution < 1.29 is 21.9 Å². The van der Waals surface area contributed by atoms with Crippen molar-refractivity contribution in [2.75, 3.05) is 10.5 Å². The Balaban J connectivity index is 1.64. The molecule has 2 heterocycles. The number of aromatic nitrogens is 3. The molecule has 0 radical (unpaired) electrons. The maximum Gasteiger partial charge on any atom is 0.237 e. The van der Waals surface area contributed by atoms with E-state index in [2.05, 4.69) is 19.7 Å². The summed E-state index contributed by atoms with van der Waals surface area (Å²) in [7, 11) is -4.00. The molecule has 0 aliphatic heterocycles. The molecule has 2 aromatic heterocycles. The fraction of sp³-hybridized carbons (Fsp3) is 0.0870. The Hall–Kier alpha value is -4.12. The van der Waals surface area contributed by atoms with Gasteiger partial charge in [0.25, 0.3) is 0 Å². The number of sulfonamides is 1.